The predicted molar refractivity (Wildman–Crippen MR) is 103 cm³/mol. The van der Waals surface area contributed by atoms with Crippen molar-refractivity contribution in [2.45, 2.75) is 13.0 Å². The molecular weight excluding hydrogens is 350 g/mol. The molecule has 3 nitrogen and oxygen atoms in total. The molecule has 1 heterocycles. The highest BCUT2D eigenvalue weighted by molar-refractivity contribution is 5.88. The van der Waals surface area contributed by atoms with Gasteiger partial charge in [-0.25, -0.2) is 4.39 Å². The molecule has 6 heteroatoms. The number of rotatable bonds is 5. The molecule has 0 unspecified atom stereocenters. The number of halogens is 3. The van der Waals surface area contributed by atoms with Crippen molar-refractivity contribution in [1.82, 2.24) is 10.2 Å². The second-order valence-corrected chi connectivity index (χ2v) is 5.59. The minimum absolute atomic E-state index is 0. The molecule has 1 saturated heterocycles. The minimum atomic E-state index is -0.395. The zero-order valence-corrected chi connectivity index (χ0v) is 15.5. The van der Waals surface area contributed by atoms with Crippen LogP contribution in [0.2, 0.25) is 0 Å². The Hall–Kier alpha value is -1.07. The molecule has 0 spiro atoms. The SMILES string of the molecule is CCOc1ccc2ccccc2c1[C@H](CF)N1CCNCC1.Cl.Cl. The molecule has 1 fully saturated rings. The maximum Gasteiger partial charge on any atom is 0.124 e. The summed E-state index contributed by atoms with van der Waals surface area (Å²) in [6.07, 6.45) is 0. The van der Waals surface area contributed by atoms with Gasteiger partial charge in [-0.2, -0.15) is 0 Å². The van der Waals surface area contributed by atoms with Crippen LogP contribution in [0.4, 0.5) is 4.39 Å². The van der Waals surface area contributed by atoms with E-state index in [0.717, 1.165) is 48.3 Å². The molecule has 0 radical (unpaired) electrons. The van der Waals surface area contributed by atoms with Crippen LogP contribution in [0.3, 0.4) is 0 Å². The number of nitrogens with one attached hydrogen (secondary N) is 1. The third-order valence-corrected chi connectivity index (χ3v) is 4.30. The first-order valence-electron chi connectivity index (χ1n) is 8.00. The quantitative estimate of drug-likeness (QED) is 0.855. The second kappa shape index (κ2) is 10.0. The predicted octanol–water partition coefficient (Wildman–Crippen LogP) is 4.00. The molecule has 1 N–H and O–H groups in total. The van der Waals surface area contributed by atoms with Gasteiger partial charge in [0, 0.05) is 31.7 Å². The highest BCUT2D eigenvalue weighted by Gasteiger charge is 2.26. The van der Waals surface area contributed by atoms with E-state index in [4.69, 9.17) is 4.74 Å². The van der Waals surface area contributed by atoms with Gasteiger partial charge in [0.2, 0.25) is 0 Å². The highest BCUT2D eigenvalue weighted by atomic mass is 35.5. The van der Waals surface area contributed by atoms with Gasteiger partial charge >= 0.3 is 0 Å². The van der Waals surface area contributed by atoms with Crippen molar-refractivity contribution >= 4 is 35.6 Å². The normalized spacial score (nSPS) is 16.1. The summed E-state index contributed by atoms with van der Waals surface area (Å²) in [6.45, 7) is 5.71. The van der Waals surface area contributed by atoms with Gasteiger partial charge in [0.05, 0.1) is 12.6 Å². The van der Waals surface area contributed by atoms with Crippen molar-refractivity contribution in [2.24, 2.45) is 0 Å². The summed E-state index contributed by atoms with van der Waals surface area (Å²) in [7, 11) is 0. The van der Waals surface area contributed by atoms with E-state index in [9.17, 15) is 4.39 Å². The van der Waals surface area contributed by atoms with E-state index < -0.39 is 6.67 Å². The van der Waals surface area contributed by atoms with Gasteiger partial charge in [0.15, 0.2) is 0 Å². The smallest absolute Gasteiger partial charge is 0.124 e. The van der Waals surface area contributed by atoms with Crippen LogP contribution in [-0.4, -0.2) is 44.4 Å². The van der Waals surface area contributed by atoms with Crippen molar-refractivity contribution in [3.8, 4) is 5.75 Å². The van der Waals surface area contributed by atoms with Crippen molar-refractivity contribution in [2.75, 3.05) is 39.5 Å². The molecule has 2 aromatic carbocycles. The first-order valence-corrected chi connectivity index (χ1v) is 8.00. The standard InChI is InChI=1S/C18H23FN2O.2ClH/c1-2-22-17-8-7-14-5-3-4-6-15(14)18(17)16(13-19)21-11-9-20-10-12-21;;/h3-8,16,20H,2,9-13H2,1H3;2*1H/t16-;;/m0../s1. The Balaban J connectivity index is 0.00000144. The van der Waals surface area contributed by atoms with E-state index in [0.29, 0.717) is 6.61 Å². The molecule has 1 aliphatic heterocycles. The van der Waals surface area contributed by atoms with Gasteiger partial charge in [-0.3, -0.25) is 4.90 Å². The lowest BCUT2D eigenvalue weighted by Crippen LogP contribution is -2.45. The number of hydrogen-bond donors (Lipinski definition) is 1. The first-order chi connectivity index (χ1) is 10.8. The Kier molecular flexibility index (Phi) is 8.78. The van der Waals surface area contributed by atoms with Gasteiger partial charge in [0.25, 0.3) is 0 Å². The average Bonchev–Trinajstić information content (AvgIpc) is 2.58. The molecule has 1 aliphatic rings. The van der Waals surface area contributed by atoms with E-state index in [-0.39, 0.29) is 30.9 Å². The third-order valence-electron chi connectivity index (χ3n) is 4.30. The van der Waals surface area contributed by atoms with E-state index >= 15 is 0 Å². The van der Waals surface area contributed by atoms with E-state index in [1.165, 1.54) is 0 Å². The van der Waals surface area contributed by atoms with Crippen molar-refractivity contribution < 1.29 is 9.13 Å². The molecule has 1 atom stereocenters. The number of alkyl halides is 1. The van der Waals surface area contributed by atoms with Gasteiger partial charge in [-0.05, 0) is 23.8 Å². The van der Waals surface area contributed by atoms with Crippen LogP contribution >= 0.6 is 24.8 Å². The number of ether oxygens (including phenoxy) is 1. The summed E-state index contributed by atoms with van der Waals surface area (Å²) in [6, 6.07) is 12.0. The molecular formula is C18H25Cl2FN2O. The zero-order chi connectivity index (χ0) is 15.4. The summed E-state index contributed by atoms with van der Waals surface area (Å²) < 4.78 is 19.8. The van der Waals surface area contributed by atoms with E-state index in [1.54, 1.807) is 0 Å². The Bertz CT molecular complexity index is 635. The Labute approximate surface area is 155 Å². The molecule has 2 aromatic rings. The lowest BCUT2D eigenvalue weighted by atomic mass is 9.96. The fourth-order valence-corrected chi connectivity index (χ4v) is 3.25. The number of nitrogens with zero attached hydrogens (tertiary/aromatic N) is 1. The van der Waals surface area contributed by atoms with Crippen LogP contribution in [0, 0.1) is 0 Å². The van der Waals surface area contributed by atoms with Crippen LogP contribution < -0.4 is 10.1 Å². The van der Waals surface area contributed by atoms with E-state index in [2.05, 4.69) is 28.4 Å². The summed E-state index contributed by atoms with van der Waals surface area (Å²) in [4.78, 5) is 2.22. The first kappa shape index (κ1) is 21.0. The van der Waals surface area contributed by atoms with Crippen LogP contribution in [0.15, 0.2) is 36.4 Å². The van der Waals surface area contributed by atoms with Gasteiger partial charge in [0.1, 0.15) is 12.4 Å². The lowest BCUT2D eigenvalue weighted by Gasteiger charge is -2.35. The number of piperazine rings is 1. The van der Waals surface area contributed by atoms with Gasteiger partial charge in [-0.15, -0.1) is 24.8 Å². The summed E-state index contributed by atoms with van der Waals surface area (Å²) in [5.41, 5.74) is 0.990. The molecule has 134 valence electrons. The largest absolute Gasteiger partial charge is 0.494 e. The van der Waals surface area contributed by atoms with Crippen molar-refractivity contribution in [3.63, 3.8) is 0 Å². The molecule has 0 amide bonds. The fraction of sp³-hybridized carbons (Fsp3) is 0.444. The maximum atomic E-state index is 14.0. The fourth-order valence-electron chi connectivity index (χ4n) is 3.25. The second-order valence-electron chi connectivity index (χ2n) is 5.59. The summed E-state index contributed by atoms with van der Waals surface area (Å²) in [5.74, 6) is 0.808. The molecule has 0 aromatic heterocycles. The van der Waals surface area contributed by atoms with Crippen LogP contribution in [0.5, 0.6) is 5.75 Å². The molecule has 3 rings (SSSR count). The maximum absolute atomic E-state index is 14.0. The number of fused-ring (bicyclic) bond motifs is 1. The molecule has 0 saturated carbocycles. The zero-order valence-electron chi connectivity index (χ0n) is 13.8. The average molecular weight is 375 g/mol. The molecule has 24 heavy (non-hydrogen) atoms. The topological polar surface area (TPSA) is 24.5 Å². The molecule has 0 aliphatic carbocycles. The van der Waals surface area contributed by atoms with Crippen LogP contribution in [-0.2, 0) is 0 Å². The summed E-state index contributed by atoms with van der Waals surface area (Å²) >= 11 is 0. The van der Waals surface area contributed by atoms with E-state index in [1.807, 2.05) is 25.1 Å². The Morgan fingerprint density at radius 3 is 2.50 bits per heavy atom. The highest BCUT2D eigenvalue weighted by Crippen LogP contribution is 2.36. The minimum Gasteiger partial charge on any atom is -0.494 e. The Morgan fingerprint density at radius 1 is 1.12 bits per heavy atom. The van der Waals surface area contributed by atoms with Crippen LogP contribution in [0.25, 0.3) is 10.8 Å². The number of benzene rings is 2. The van der Waals surface area contributed by atoms with Crippen molar-refractivity contribution in [1.29, 1.82) is 0 Å². The third kappa shape index (κ3) is 4.31. The van der Waals surface area contributed by atoms with Gasteiger partial charge < -0.3 is 10.1 Å². The summed E-state index contributed by atoms with van der Waals surface area (Å²) in [5, 5.41) is 5.55. The Morgan fingerprint density at radius 2 is 1.83 bits per heavy atom. The van der Waals surface area contributed by atoms with Gasteiger partial charge in [-0.1, -0.05) is 30.3 Å². The molecule has 0 bridgehead atoms. The number of hydrogen-bond acceptors (Lipinski definition) is 3. The van der Waals surface area contributed by atoms with Crippen LogP contribution in [0.1, 0.15) is 18.5 Å². The van der Waals surface area contributed by atoms with Crippen molar-refractivity contribution in [3.05, 3.63) is 42.0 Å². The lowest BCUT2D eigenvalue weighted by molar-refractivity contribution is 0.145. The monoisotopic (exact) mass is 374 g/mol.